The minimum atomic E-state index is 0.493. The lowest BCUT2D eigenvalue weighted by molar-refractivity contribution is 0.0651. The van der Waals surface area contributed by atoms with E-state index in [2.05, 4.69) is 24.2 Å². The van der Waals surface area contributed by atoms with Crippen molar-refractivity contribution in [2.45, 2.75) is 31.9 Å². The highest BCUT2D eigenvalue weighted by molar-refractivity contribution is 4.86. The van der Waals surface area contributed by atoms with Crippen molar-refractivity contribution in [3.05, 3.63) is 0 Å². The van der Waals surface area contributed by atoms with Crippen LogP contribution in [0.4, 0.5) is 0 Å². The van der Waals surface area contributed by atoms with Crippen LogP contribution >= 0.6 is 0 Å². The lowest BCUT2D eigenvalue weighted by Gasteiger charge is -2.29. The maximum atomic E-state index is 5.66. The van der Waals surface area contributed by atoms with Gasteiger partial charge in [0.25, 0.3) is 0 Å². The molecule has 3 unspecified atom stereocenters. The number of ether oxygens (including phenoxy) is 1. The Balaban J connectivity index is 1.78. The second-order valence-electron chi connectivity index (χ2n) is 4.78. The van der Waals surface area contributed by atoms with Crippen molar-refractivity contribution >= 4 is 0 Å². The van der Waals surface area contributed by atoms with Crippen LogP contribution in [0.15, 0.2) is 0 Å². The smallest absolute Gasteiger partial charge is 0.0702 e. The van der Waals surface area contributed by atoms with Gasteiger partial charge in [-0.25, -0.2) is 0 Å². The zero-order valence-corrected chi connectivity index (χ0v) is 9.33. The van der Waals surface area contributed by atoms with E-state index in [9.17, 15) is 0 Å². The van der Waals surface area contributed by atoms with E-state index in [-0.39, 0.29) is 0 Å². The Morgan fingerprint density at radius 3 is 2.86 bits per heavy atom. The van der Waals surface area contributed by atoms with E-state index in [1.165, 1.54) is 19.4 Å². The fraction of sp³-hybridized carbons (Fsp3) is 1.00. The average molecular weight is 198 g/mol. The van der Waals surface area contributed by atoms with E-state index < -0.39 is 0 Å². The third kappa shape index (κ3) is 2.27. The van der Waals surface area contributed by atoms with Crippen molar-refractivity contribution < 1.29 is 4.74 Å². The summed E-state index contributed by atoms with van der Waals surface area (Å²) in [5.74, 6) is 0.779. The fourth-order valence-corrected chi connectivity index (χ4v) is 2.63. The molecule has 0 radical (unpaired) electrons. The molecule has 0 amide bonds. The zero-order valence-electron chi connectivity index (χ0n) is 9.33. The van der Waals surface area contributed by atoms with E-state index in [1.807, 2.05) is 0 Å². The molecule has 2 heterocycles. The molecular weight excluding hydrogens is 176 g/mol. The first kappa shape index (κ1) is 10.4. The largest absolute Gasteiger partial charge is 0.377 e. The van der Waals surface area contributed by atoms with Crippen LogP contribution in [0.5, 0.6) is 0 Å². The van der Waals surface area contributed by atoms with Crippen molar-refractivity contribution in [3.8, 4) is 0 Å². The normalized spacial score (nSPS) is 38.4. The van der Waals surface area contributed by atoms with Crippen LogP contribution in [0.1, 0.15) is 19.8 Å². The van der Waals surface area contributed by atoms with Gasteiger partial charge >= 0.3 is 0 Å². The van der Waals surface area contributed by atoms with Gasteiger partial charge in [0, 0.05) is 25.7 Å². The van der Waals surface area contributed by atoms with Gasteiger partial charge in [0.05, 0.1) is 6.10 Å². The monoisotopic (exact) mass is 198 g/mol. The Bertz CT molecular complexity index is 180. The molecule has 0 aromatic heterocycles. The van der Waals surface area contributed by atoms with Crippen LogP contribution in [0.3, 0.4) is 0 Å². The van der Waals surface area contributed by atoms with Gasteiger partial charge in [0.15, 0.2) is 0 Å². The van der Waals surface area contributed by atoms with Crippen molar-refractivity contribution in [3.63, 3.8) is 0 Å². The van der Waals surface area contributed by atoms with Gasteiger partial charge < -0.3 is 10.1 Å². The Kier molecular flexibility index (Phi) is 3.42. The Morgan fingerprint density at radius 2 is 2.29 bits per heavy atom. The molecule has 3 atom stereocenters. The molecule has 2 saturated heterocycles. The van der Waals surface area contributed by atoms with Crippen molar-refractivity contribution in [1.29, 1.82) is 0 Å². The summed E-state index contributed by atoms with van der Waals surface area (Å²) in [5, 5.41) is 3.45. The minimum Gasteiger partial charge on any atom is -0.377 e. The molecule has 3 heteroatoms. The van der Waals surface area contributed by atoms with E-state index >= 15 is 0 Å². The summed E-state index contributed by atoms with van der Waals surface area (Å²) < 4.78 is 5.66. The van der Waals surface area contributed by atoms with Crippen LogP contribution in [-0.4, -0.2) is 50.3 Å². The second-order valence-corrected chi connectivity index (χ2v) is 4.78. The number of nitrogens with zero attached hydrogens (tertiary/aromatic N) is 1. The maximum Gasteiger partial charge on any atom is 0.0702 e. The van der Waals surface area contributed by atoms with Crippen LogP contribution in [0.25, 0.3) is 0 Å². The SMILES string of the molecule is CC1CNCC1N(C)CC1CCCO1. The molecular formula is C11H22N2O. The van der Waals surface area contributed by atoms with Crippen LogP contribution < -0.4 is 5.32 Å². The van der Waals surface area contributed by atoms with E-state index in [0.29, 0.717) is 12.1 Å². The summed E-state index contributed by atoms with van der Waals surface area (Å²) in [6.07, 6.45) is 2.99. The van der Waals surface area contributed by atoms with Crippen LogP contribution in [0.2, 0.25) is 0 Å². The van der Waals surface area contributed by atoms with Gasteiger partial charge in [-0.2, -0.15) is 0 Å². The lowest BCUT2D eigenvalue weighted by Crippen LogP contribution is -2.41. The molecule has 0 aromatic carbocycles. The minimum absolute atomic E-state index is 0.493. The highest BCUT2D eigenvalue weighted by atomic mass is 16.5. The third-order valence-electron chi connectivity index (χ3n) is 3.56. The maximum absolute atomic E-state index is 5.66. The molecule has 14 heavy (non-hydrogen) atoms. The lowest BCUT2D eigenvalue weighted by atomic mass is 10.0. The first-order chi connectivity index (χ1) is 6.77. The molecule has 2 rings (SSSR count). The fourth-order valence-electron chi connectivity index (χ4n) is 2.63. The molecule has 0 bridgehead atoms. The summed E-state index contributed by atoms with van der Waals surface area (Å²) in [5.41, 5.74) is 0. The van der Waals surface area contributed by atoms with Crippen molar-refractivity contribution in [1.82, 2.24) is 10.2 Å². The quantitative estimate of drug-likeness (QED) is 0.722. The Labute approximate surface area is 86.8 Å². The first-order valence-corrected chi connectivity index (χ1v) is 5.80. The van der Waals surface area contributed by atoms with Crippen LogP contribution in [0, 0.1) is 5.92 Å². The van der Waals surface area contributed by atoms with Crippen LogP contribution in [-0.2, 0) is 4.74 Å². The van der Waals surface area contributed by atoms with Gasteiger partial charge in [-0.15, -0.1) is 0 Å². The number of rotatable bonds is 3. The number of hydrogen-bond acceptors (Lipinski definition) is 3. The molecule has 1 N–H and O–H groups in total. The Hall–Kier alpha value is -0.120. The van der Waals surface area contributed by atoms with Gasteiger partial charge in [-0.1, -0.05) is 6.92 Å². The summed E-state index contributed by atoms with van der Waals surface area (Å²) in [6, 6.07) is 0.708. The summed E-state index contributed by atoms with van der Waals surface area (Å²) >= 11 is 0. The first-order valence-electron chi connectivity index (χ1n) is 5.80. The van der Waals surface area contributed by atoms with Gasteiger partial charge in [0.1, 0.15) is 0 Å². The summed E-state index contributed by atoms with van der Waals surface area (Å²) in [4.78, 5) is 2.47. The zero-order chi connectivity index (χ0) is 9.97. The standard InChI is InChI=1S/C11H22N2O/c1-9-6-12-7-11(9)13(2)8-10-4-3-5-14-10/h9-12H,3-8H2,1-2H3. The molecule has 0 spiro atoms. The Morgan fingerprint density at radius 1 is 1.43 bits per heavy atom. The van der Waals surface area contributed by atoms with E-state index in [1.54, 1.807) is 0 Å². The van der Waals surface area contributed by atoms with Crippen molar-refractivity contribution in [2.75, 3.05) is 33.3 Å². The molecule has 2 aliphatic rings. The van der Waals surface area contributed by atoms with Gasteiger partial charge in [-0.3, -0.25) is 4.90 Å². The molecule has 3 nitrogen and oxygen atoms in total. The summed E-state index contributed by atoms with van der Waals surface area (Å²) in [7, 11) is 2.23. The highest BCUT2D eigenvalue weighted by Gasteiger charge is 2.28. The molecule has 82 valence electrons. The van der Waals surface area contributed by atoms with E-state index in [0.717, 1.165) is 25.6 Å². The third-order valence-corrected chi connectivity index (χ3v) is 3.56. The second kappa shape index (κ2) is 4.60. The van der Waals surface area contributed by atoms with Gasteiger partial charge in [0.2, 0.25) is 0 Å². The summed E-state index contributed by atoms with van der Waals surface area (Å²) in [6.45, 7) is 6.72. The topological polar surface area (TPSA) is 24.5 Å². The average Bonchev–Trinajstić information content (AvgIpc) is 2.75. The molecule has 2 fully saturated rings. The molecule has 2 aliphatic heterocycles. The van der Waals surface area contributed by atoms with Crippen molar-refractivity contribution in [2.24, 2.45) is 5.92 Å². The predicted molar refractivity (Wildman–Crippen MR) is 57.4 cm³/mol. The predicted octanol–water partition coefficient (Wildman–Crippen LogP) is 0.705. The van der Waals surface area contributed by atoms with E-state index in [4.69, 9.17) is 4.74 Å². The van der Waals surface area contributed by atoms with Gasteiger partial charge in [-0.05, 0) is 32.4 Å². The molecule has 0 saturated carbocycles. The number of nitrogens with one attached hydrogen (secondary N) is 1. The molecule has 0 aromatic rings. The number of likely N-dealkylation sites (N-methyl/N-ethyl adjacent to an activating group) is 1. The number of hydrogen-bond donors (Lipinski definition) is 1. The highest BCUT2D eigenvalue weighted by Crippen LogP contribution is 2.18. The molecule has 0 aliphatic carbocycles.